The van der Waals surface area contributed by atoms with E-state index in [4.69, 9.17) is 54.3 Å². The third-order valence-corrected chi connectivity index (χ3v) is 19.8. The predicted octanol–water partition coefficient (Wildman–Crippen LogP) is 11.5. The van der Waals surface area contributed by atoms with Crippen molar-refractivity contribution in [1.82, 2.24) is 14.7 Å². The van der Waals surface area contributed by atoms with Gasteiger partial charge >= 0.3 is 30.4 Å². The van der Waals surface area contributed by atoms with Crippen LogP contribution in [-0.2, 0) is 78.0 Å². The molecule has 88 heavy (non-hydrogen) atoms. The minimum Gasteiger partial charge on any atom is -0.790 e. The van der Waals surface area contributed by atoms with Crippen LogP contribution in [0.1, 0.15) is 160 Å². The molecule has 0 saturated carbocycles. The molecule has 1 atom stereocenters. The number of unbranched alkanes of at least 4 members (excludes halogenated alkanes) is 8. The summed E-state index contributed by atoms with van der Waals surface area (Å²) < 4.78 is 102. The standard InChI is InChI=1S/C13H26NO4P.C11H25O3P.C9H19NO7P2.C9H18NO4P.C6H13O3P.C4H11N.C3H3ClO/c1-5-9-10-14(13(15)6-2)11-12-19(16,17-7-3)18-8-4;1-4-7-8-9-10-11-15(12,13-5-2)14-6-3;1-3-5-6-10(9(11)4-2)7-8-18(12,13)17-19(14,15)16;1-3-5-6-10(9(11)4-2)7-8-15(12,13)14;1-4-8-10(7,6-3)9-5-2;1-2-3-4-5;1-2-3(4)5/h6H,2,5,7-12H2,1,3-4H3;4-11H2,1-3H3;4H,2-3,5-8H2,1H3,(H,12,13)(H2,14,15,16);4H,2-3,5-8H2,1H3,(H2,12,13,14);6H,3-5H2,1-2H3;2-5H2,1H3;2H,1H2/p-3. The molecule has 0 aromatic rings. The van der Waals surface area contributed by atoms with E-state index in [1.54, 1.807) is 32.6 Å². The van der Waals surface area contributed by atoms with E-state index in [1.165, 1.54) is 53.8 Å². The lowest BCUT2D eigenvalue weighted by Gasteiger charge is -2.36. The van der Waals surface area contributed by atoms with Crippen molar-refractivity contribution in [3.8, 4) is 0 Å². The first-order chi connectivity index (χ1) is 41.1. The molecule has 0 radical (unpaired) electrons. The normalized spacial score (nSPS) is 11.7. The Morgan fingerprint density at radius 3 is 1.00 bits per heavy atom. The summed E-state index contributed by atoms with van der Waals surface area (Å²) in [4.78, 5) is 97.2. The van der Waals surface area contributed by atoms with E-state index < -0.39 is 63.1 Å². The largest absolute Gasteiger partial charge is 0.790 e. The lowest BCUT2D eigenvalue weighted by molar-refractivity contribution is -0.337. The fraction of sp³-hybridized carbons (Fsp3) is 0.745. The van der Waals surface area contributed by atoms with Gasteiger partial charge in [0.15, 0.2) is 0 Å². The van der Waals surface area contributed by atoms with Crippen molar-refractivity contribution in [2.24, 2.45) is 5.73 Å². The third kappa shape index (κ3) is 69.8. The number of nitrogens with zero attached hydrogens (tertiary/aromatic N) is 3. The van der Waals surface area contributed by atoms with E-state index in [0.29, 0.717) is 78.4 Å². The zero-order valence-electron chi connectivity index (χ0n) is 54.7. The summed E-state index contributed by atoms with van der Waals surface area (Å²) >= 11 is 4.71. The molecule has 0 aromatic heterocycles. The molecule has 0 aliphatic carbocycles. The summed E-state index contributed by atoms with van der Waals surface area (Å²) in [5.74, 6) is 0.325. The van der Waals surface area contributed by atoms with E-state index in [2.05, 4.69) is 58.0 Å². The van der Waals surface area contributed by atoms with Gasteiger partial charge in [0.25, 0.3) is 0 Å². The van der Waals surface area contributed by atoms with Gasteiger partial charge in [-0.2, -0.15) is 0 Å². The number of hydrogen-bond acceptors (Lipinski definition) is 21. The van der Waals surface area contributed by atoms with Crippen LogP contribution in [0.2, 0.25) is 0 Å². The van der Waals surface area contributed by atoms with Gasteiger partial charge in [-0.3, -0.25) is 37.4 Å². The van der Waals surface area contributed by atoms with Crippen molar-refractivity contribution in [2.45, 2.75) is 160 Å². The van der Waals surface area contributed by atoms with Crippen molar-refractivity contribution in [2.75, 3.05) is 110 Å². The summed E-state index contributed by atoms with van der Waals surface area (Å²) in [5.41, 5.74) is 5.14. The molecule has 0 heterocycles. The highest BCUT2D eigenvalue weighted by Crippen LogP contribution is 2.51. The zero-order chi connectivity index (χ0) is 69.7. The Balaban J connectivity index is -0.000000181. The molecule has 26 nitrogen and oxygen atoms in total. The molecular formula is C55H112ClN4O22P6-3. The van der Waals surface area contributed by atoms with E-state index >= 15 is 0 Å². The molecule has 0 saturated heterocycles. The Hall–Kier alpha value is -2.07. The number of carbonyl (C=O) groups excluding carboxylic acids is 4. The number of allylic oxidation sites excluding steroid dienone is 1. The number of nitrogens with two attached hydrogens (primary N) is 1. The van der Waals surface area contributed by atoms with Crippen molar-refractivity contribution in [3.05, 3.63) is 63.0 Å². The predicted molar refractivity (Wildman–Crippen MR) is 349 cm³/mol. The Labute approximate surface area is 533 Å². The van der Waals surface area contributed by atoms with E-state index in [9.17, 15) is 61.2 Å². The molecule has 0 aliphatic heterocycles. The summed E-state index contributed by atoms with van der Waals surface area (Å²) in [6.07, 6.45) is 17.5. The second-order valence-electron chi connectivity index (χ2n) is 17.9. The lowest BCUT2D eigenvalue weighted by Crippen LogP contribution is -2.34. The molecule has 33 heteroatoms. The van der Waals surface area contributed by atoms with Gasteiger partial charge in [-0.05, 0) is 116 Å². The van der Waals surface area contributed by atoms with Crippen molar-refractivity contribution in [3.63, 3.8) is 0 Å². The number of phosphoric acid groups is 1. The van der Waals surface area contributed by atoms with Gasteiger partial charge in [0.1, 0.15) is 7.60 Å². The van der Waals surface area contributed by atoms with Crippen LogP contribution in [0.15, 0.2) is 63.0 Å². The van der Waals surface area contributed by atoms with Crippen molar-refractivity contribution < 1.29 is 102 Å². The Morgan fingerprint density at radius 1 is 0.443 bits per heavy atom. The summed E-state index contributed by atoms with van der Waals surface area (Å²) in [6, 6.07) is 0. The zero-order valence-corrected chi connectivity index (χ0v) is 60.8. The monoisotopic (exact) mass is 1400 g/mol. The van der Waals surface area contributed by atoms with Gasteiger partial charge in [-0.15, -0.1) is 0 Å². The quantitative estimate of drug-likeness (QED) is 0.0221. The van der Waals surface area contributed by atoms with Crippen LogP contribution >= 0.6 is 57.4 Å². The number of hydrogen-bond donors (Lipinski definition) is 3. The molecule has 4 N–H and O–H groups in total. The second kappa shape index (κ2) is 63.7. The first kappa shape index (κ1) is 99.5. The molecule has 0 aliphatic rings. The summed E-state index contributed by atoms with van der Waals surface area (Å²) in [7, 11) is -23.2. The Kier molecular flexibility index (Phi) is 72.0. The topological polar surface area (TPSA) is 381 Å². The summed E-state index contributed by atoms with van der Waals surface area (Å²) in [6.45, 7) is 42.4. The molecule has 0 spiro atoms. The van der Waals surface area contributed by atoms with Crippen LogP contribution in [-0.4, -0.2) is 158 Å². The van der Waals surface area contributed by atoms with Gasteiger partial charge in [-0.1, -0.05) is 119 Å². The van der Waals surface area contributed by atoms with Gasteiger partial charge < -0.3 is 85.5 Å². The van der Waals surface area contributed by atoms with E-state index in [-0.39, 0.29) is 37.2 Å². The van der Waals surface area contributed by atoms with Crippen LogP contribution in [0.25, 0.3) is 0 Å². The molecule has 0 rings (SSSR count). The van der Waals surface area contributed by atoms with Crippen LogP contribution in [0.4, 0.5) is 0 Å². The van der Waals surface area contributed by atoms with Gasteiger partial charge in [0.2, 0.25) is 23.0 Å². The van der Waals surface area contributed by atoms with Crippen molar-refractivity contribution in [1.29, 1.82) is 0 Å². The SMILES string of the molecule is C=CC(=O)Cl.C=CC(=O)N(CCCC)CCP(=O)(O)O.C=CC(=O)N(CCCC)CCP(=O)(OCC)OCC.C=CC(=O)N(CCCC)CCP(=O)([O-])OP(=O)([O-])[O-].C=CP(=O)(OCC)OCC.CCCCCCCP(=O)(OCC)OCC.CCCCN. The highest BCUT2D eigenvalue weighted by Gasteiger charge is 2.26. The van der Waals surface area contributed by atoms with Crippen LogP contribution in [0, 0.1) is 0 Å². The summed E-state index contributed by atoms with van der Waals surface area (Å²) in [5, 5.41) is -0.509. The van der Waals surface area contributed by atoms with Gasteiger partial charge in [0.05, 0.1) is 65.9 Å². The highest BCUT2D eigenvalue weighted by molar-refractivity contribution is 7.61. The minimum absolute atomic E-state index is 0.0785. The Bertz CT molecular complexity index is 2110. The van der Waals surface area contributed by atoms with E-state index in [0.717, 1.165) is 69.7 Å². The molecule has 3 amide bonds. The number of amides is 3. The van der Waals surface area contributed by atoms with Crippen LogP contribution < -0.4 is 20.4 Å². The minimum atomic E-state index is -5.60. The molecule has 524 valence electrons. The maximum atomic E-state index is 12.3. The average Bonchev–Trinajstić information content (AvgIpc) is 3.68. The number of rotatable bonds is 45. The third-order valence-electron chi connectivity index (χ3n) is 10.4. The van der Waals surface area contributed by atoms with Crippen LogP contribution in [0.5, 0.6) is 0 Å². The molecular weight excluding hydrogens is 1290 g/mol. The first-order valence-electron chi connectivity index (χ1n) is 29.7. The lowest BCUT2D eigenvalue weighted by atomic mass is 10.2. The fourth-order valence-corrected chi connectivity index (χ4v) is 13.0. The van der Waals surface area contributed by atoms with E-state index in [1.807, 2.05) is 27.7 Å². The molecule has 0 bridgehead atoms. The maximum absolute atomic E-state index is 12.3. The fourth-order valence-electron chi connectivity index (χ4n) is 6.10. The molecule has 0 aromatic carbocycles. The number of carbonyl (C=O) groups is 4. The smallest absolute Gasteiger partial charge is 0.353 e. The first-order valence-corrected chi connectivity index (χ1v) is 40.1. The molecule has 1 unspecified atom stereocenters. The average molecular weight is 1400 g/mol. The van der Waals surface area contributed by atoms with Crippen LogP contribution in [0.3, 0.4) is 0 Å². The highest BCUT2D eigenvalue weighted by atomic mass is 35.5. The number of halogens is 1. The van der Waals surface area contributed by atoms with Crippen molar-refractivity contribution >= 4 is 80.4 Å². The van der Waals surface area contributed by atoms with Gasteiger partial charge in [0, 0.05) is 51.2 Å². The second-order valence-corrected chi connectivity index (χ2v) is 29.6. The maximum Gasteiger partial charge on any atom is 0.353 e. The molecule has 0 fully saturated rings. The Morgan fingerprint density at radius 2 is 0.750 bits per heavy atom. The van der Waals surface area contributed by atoms with Gasteiger partial charge in [-0.25, -0.2) is 0 Å².